The lowest BCUT2D eigenvalue weighted by molar-refractivity contribution is -0.155. The summed E-state index contributed by atoms with van der Waals surface area (Å²) >= 11 is 0. The minimum absolute atomic E-state index is 0.0870. The molecule has 1 aromatic carbocycles. The number of amides is 2. The van der Waals surface area contributed by atoms with Crippen LogP contribution in [0.2, 0.25) is 0 Å². The van der Waals surface area contributed by atoms with E-state index in [1.807, 2.05) is 5.32 Å². The van der Waals surface area contributed by atoms with Crippen LogP contribution in [0.4, 0.5) is 18.0 Å². The van der Waals surface area contributed by atoms with Crippen molar-refractivity contribution < 1.29 is 27.8 Å². The van der Waals surface area contributed by atoms with Crippen molar-refractivity contribution in [2.75, 3.05) is 13.7 Å². The molecule has 134 valence electrons. The number of nitrogens with one attached hydrogen (secondary N) is 2. The van der Waals surface area contributed by atoms with Crippen LogP contribution in [0.25, 0.3) is 0 Å². The Kier molecular flexibility index (Phi) is 5.58. The van der Waals surface area contributed by atoms with Gasteiger partial charge in [0.05, 0.1) is 12.7 Å². The Hall–Kier alpha value is -1.96. The van der Waals surface area contributed by atoms with Crippen LogP contribution in [0, 0.1) is 0 Å². The van der Waals surface area contributed by atoms with Crippen LogP contribution in [0.5, 0.6) is 5.75 Å². The minimum atomic E-state index is -4.63. The third-order valence-corrected chi connectivity index (χ3v) is 4.21. The van der Waals surface area contributed by atoms with Gasteiger partial charge in [-0.1, -0.05) is 12.1 Å². The molecule has 2 rings (SSSR count). The van der Waals surface area contributed by atoms with E-state index in [0.717, 1.165) is 6.42 Å². The first-order chi connectivity index (χ1) is 11.2. The highest BCUT2D eigenvalue weighted by atomic mass is 19.4. The molecule has 0 heterocycles. The number of halogens is 3. The van der Waals surface area contributed by atoms with Gasteiger partial charge in [0.1, 0.15) is 5.75 Å². The zero-order valence-electron chi connectivity index (χ0n) is 13.3. The van der Waals surface area contributed by atoms with E-state index >= 15 is 0 Å². The van der Waals surface area contributed by atoms with Crippen molar-refractivity contribution in [2.24, 2.45) is 0 Å². The Morgan fingerprint density at radius 2 is 1.96 bits per heavy atom. The number of methoxy groups -OCH3 is 1. The average Bonchev–Trinajstić information content (AvgIpc) is 2.50. The largest absolute Gasteiger partial charge is 0.497 e. The maximum absolute atomic E-state index is 13.2. The van der Waals surface area contributed by atoms with Crippen molar-refractivity contribution in [1.29, 1.82) is 0 Å². The predicted molar refractivity (Wildman–Crippen MR) is 81.7 cm³/mol. The highest BCUT2D eigenvalue weighted by Gasteiger charge is 2.42. The molecule has 0 saturated heterocycles. The monoisotopic (exact) mass is 346 g/mol. The highest BCUT2D eigenvalue weighted by Crippen LogP contribution is 2.34. The molecule has 2 amide bonds. The summed E-state index contributed by atoms with van der Waals surface area (Å²) < 4.78 is 44.5. The van der Waals surface area contributed by atoms with E-state index in [1.165, 1.54) is 31.4 Å². The zero-order chi connectivity index (χ0) is 17.8. The number of carbonyl (C=O) groups excluding carboxylic acids is 1. The van der Waals surface area contributed by atoms with E-state index < -0.39 is 23.9 Å². The van der Waals surface area contributed by atoms with Gasteiger partial charge in [0.15, 0.2) is 6.04 Å². The lowest BCUT2D eigenvalue weighted by atomic mass is 9.78. The number of hydrogen-bond acceptors (Lipinski definition) is 3. The van der Waals surface area contributed by atoms with Gasteiger partial charge in [-0.2, -0.15) is 13.2 Å². The van der Waals surface area contributed by atoms with Crippen LogP contribution >= 0.6 is 0 Å². The molecule has 1 atom stereocenters. The highest BCUT2D eigenvalue weighted by molar-refractivity contribution is 5.74. The summed E-state index contributed by atoms with van der Waals surface area (Å²) in [6.45, 7) is 0.121. The normalized spacial score (nSPS) is 17.5. The van der Waals surface area contributed by atoms with Crippen molar-refractivity contribution in [1.82, 2.24) is 10.6 Å². The van der Waals surface area contributed by atoms with E-state index in [2.05, 4.69) is 5.32 Å². The first-order valence-electron chi connectivity index (χ1n) is 7.71. The second kappa shape index (κ2) is 7.29. The summed E-state index contributed by atoms with van der Waals surface area (Å²) in [5.41, 5.74) is -0.872. The van der Waals surface area contributed by atoms with Crippen molar-refractivity contribution in [3.05, 3.63) is 29.8 Å². The van der Waals surface area contributed by atoms with Crippen LogP contribution in [0.15, 0.2) is 24.3 Å². The number of rotatable bonds is 6. The fourth-order valence-corrected chi connectivity index (χ4v) is 2.58. The van der Waals surface area contributed by atoms with Gasteiger partial charge in [0.25, 0.3) is 0 Å². The number of ether oxygens (including phenoxy) is 1. The Morgan fingerprint density at radius 3 is 2.42 bits per heavy atom. The van der Waals surface area contributed by atoms with Gasteiger partial charge in [-0.25, -0.2) is 4.79 Å². The zero-order valence-corrected chi connectivity index (χ0v) is 13.3. The molecule has 8 heteroatoms. The Labute approximate surface area is 138 Å². The summed E-state index contributed by atoms with van der Waals surface area (Å²) in [6, 6.07) is 2.29. The fourth-order valence-electron chi connectivity index (χ4n) is 2.58. The maximum atomic E-state index is 13.2. The predicted octanol–water partition coefficient (Wildman–Crippen LogP) is 2.90. The van der Waals surface area contributed by atoms with Crippen LogP contribution in [-0.4, -0.2) is 36.6 Å². The van der Waals surface area contributed by atoms with Crippen LogP contribution in [-0.2, 0) is 0 Å². The number of alkyl halides is 3. The molecular weight excluding hydrogens is 325 g/mol. The van der Waals surface area contributed by atoms with Gasteiger partial charge < -0.3 is 20.5 Å². The molecule has 0 spiro atoms. The maximum Gasteiger partial charge on any atom is 0.412 e. The number of carbonyl (C=O) groups is 1. The topological polar surface area (TPSA) is 70.6 Å². The molecule has 0 aliphatic heterocycles. The van der Waals surface area contributed by atoms with Crippen LogP contribution < -0.4 is 15.4 Å². The van der Waals surface area contributed by atoms with Gasteiger partial charge >= 0.3 is 12.2 Å². The van der Waals surface area contributed by atoms with Crippen LogP contribution in [0.1, 0.15) is 37.3 Å². The molecular formula is C16H21F3N2O3. The quantitative estimate of drug-likeness (QED) is 0.742. The van der Waals surface area contributed by atoms with Crippen LogP contribution in [0.3, 0.4) is 0 Å². The molecule has 1 aromatic rings. The molecule has 0 radical (unpaired) electrons. The lowest BCUT2D eigenvalue weighted by Crippen LogP contribution is -2.46. The molecule has 3 N–H and O–H groups in total. The van der Waals surface area contributed by atoms with E-state index in [1.54, 1.807) is 0 Å². The number of urea groups is 1. The van der Waals surface area contributed by atoms with Gasteiger partial charge in [-0.3, -0.25) is 0 Å². The molecule has 1 saturated carbocycles. The third kappa shape index (κ3) is 4.77. The molecule has 0 aromatic heterocycles. The second-order valence-corrected chi connectivity index (χ2v) is 5.98. The van der Waals surface area contributed by atoms with Crippen molar-refractivity contribution in [3.8, 4) is 5.75 Å². The van der Waals surface area contributed by atoms with Gasteiger partial charge in [-0.05, 0) is 43.4 Å². The molecule has 1 aliphatic carbocycles. The van der Waals surface area contributed by atoms with Gasteiger partial charge in [0, 0.05) is 6.54 Å². The van der Waals surface area contributed by atoms with E-state index in [9.17, 15) is 23.1 Å². The van der Waals surface area contributed by atoms with E-state index in [-0.39, 0.29) is 12.1 Å². The third-order valence-electron chi connectivity index (χ3n) is 4.21. The molecule has 24 heavy (non-hydrogen) atoms. The van der Waals surface area contributed by atoms with Crippen molar-refractivity contribution in [3.63, 3.8) is 0 Å². The fraction of sp³-hybridized carbons (Fsp3) is 0.562. The second-order valence-electron chi connectivity index (χ2n) is 5.98. The summed E-state index contributed by atoms with van der Waals surface area (Å²) in [5, 5.41) is 14.2. The Balaban J connectivity index is 1.93. The molecule has 1 fully saturated rings. The first-order valence-corrected chi connectivity index (χ1v) is 7.71. The summed E-state index contributed by atoms with van der Waals surface area (Å²) in [6.07, 6.45) is -2.05. The summed E-state index contributed by atoms with van der Waals surface area (Å²) in [7, 11) is 1.41. The minimum Gasteiger partial charge on any atom is -0.497 e. The van der Waals surface area contributed by atoms with Crippen molar-refractivity contribution in [2.45, 2.75) is 43.5 Å². The number of hydrogen-bond donors (Lipinski definition) is 3. The van der Waals surface area contributed by atoms with E-state index in [4.69, 9.17) is 4.74 Å². The number of benzene rings is 1. The smallest absolute Gasteiger partial charge is 0.412 e. The van der Waals surface area contributed by atoms with Crippen molar-refractivity contribution >= 4 is 6.03 Å². The van der Waals surface area contributed by atoms with Gasteiger partial charge in [0.2, 0.25) is 0 Å². The first kappa shape index (κ1) is 18.4. The molecule has 0 unspecified atom stereocenters. The Bertz CT molecular complexity index is 557. The standard InChI is InChI=1S/C16H21F3N2O3/c1-24-12-5-3-11(4-6-12)13(16(17,18)19)21-14(22)20-10-9-15(23)7-2-8-15/h3-6,13,23H,2,7-10H2,1H3,(H2,20,21,22)/t13-/m0/s1. The molecule has 5 nitrogen and oxygen atoms in total. The SMILES string of the molecule is COc1ccc([C@H](NC(=O)NCCC2(O)CCC2)C(F)(F)F)cc1. The van der Waals surface area contributed by atoms with E-state index in [0.29, 0.717) is 25.0 Å². The summed E-state index contributed by atoms with van der Waals surface area (Å²) in [5.74, 6) is 0.429. The molecule has 1 aliphatic rings. The lowest BCUT2D eigenvalue weighted by Gasteiger charge is -2.36. The number of aliphatic hydroxyl groups is 1. The average molecular weight is 346 g/mol. The van der Waals surface area contributed by atoms with Gasteiger partial charge in [-0.15, -0.1) is 0 Å². The Morgan fingerprint density at radius 1 is 1.33 bits per heavy atom. The summed E-state index contributed by atoms with van der Waals surface area (Å²) in [4.78, 5) is 11.8. The molecule has 0 bridgehead atoms.